The normalized spacial score (nSPS) is 11.9. The number of nitrogens with one attached hydrogen (secondary N) is 1. The van der Waals surface area contributed by atoms with Gasteiger partial charge in [-0.3, -0.25) is 9.59 Å². The minimum Gasteiger partial charge on any atom is -0.480 e. The van der Waals surface area contributed by atoms with Crippen LogP contribution in [0.5, 0.6) is 0 Å². The molecular formula is C14H25NO5. The summed E-state index contributed by atoms with van der Waals surface area (Å²) in [7, 11) is 0. The zero-order chi connectivity index (χ0) is 15.4. The molecule has 0 saturated heterocycles. The fraction of sp³-hybridized carbons (Fsp3) is 0.786. The van der Waals surface area contributed by atoms with E-state index in [0.29, 0.717) is 6.42 Å². The number of hydrogen-bond acceptors (Lipinski definition) is 4. The van der Waals surface area contributed by atoms with Crippen molar-refractivity contribution in [2.45, 2.75) is 64.3 Å². The lowest BCUT2D eigenvalue weighted by Crippen LogP contribution is -2.44. The molecule has 1 atom stereocenters. The van der Waals surface area contributed by atoms with Crippen LogP contribution in [0.2, 0.25) is 0 Å². The maximum absolute atomic E-state index is 11.5. The van der Waals surface area contributed by atoms with Crippen molar-refractivity contribution < 1.29 is 24.6 Å². The van der Waals surface area contributed by atoms with Crippen LogP contribution >= 0.6 is 0 Å². The van der Waals surface area contributed by atoms with Crippen molar-refractivity contribution in [2.75, 3.05) is 6.61 Å². The average molecular weight is 287 g/mol. The number of carboxylic acid groups (broad SMARTS) is 1. The standard InChI is InChI=1S/C14H25NO5/c1-2-3-4-5-6-7-8-12(17)13(18)15-11(9-10-16)14(19)20/h11,16H,2-10H2,1H3,(H,15,18)(H,19,20)/t11-/m0/s1. The molecule has 20 heavy (non-hydrogen) atoms. The first-order valence-electron chi connectivity index (χ1n) is 7.20. The molecule has 0 unspecified atom stereocenters. The predicted molar refractivity (Wildman–Crippen MR) is 74.3 cm³/mol. The number of Topliss-reactive ketones (excluding diaryl/α,β-unsaturated/α-hetero) is 1. The van der Waals surface area contributed by atoms with Crippen LogP contribution in [0.1, 0.15) is 58.3 Å². The van der Waals surface area contributed by atoms with Crippen molar-refractivity contribution in [3.63, 3.8) is 0 Å². The first-order chi connectivity index (χ1) is 9.52. The highest BCUT2D eigenvalue weighted by molar-refractivity contribution is 6.36. The SMILES string of the molecule is CCCCCCCCC(=O)C(=O)N[C@@H](CCO)C(=O)O. The lowest BCUT2D eigenvalue weighted by molar-refractivity contribution is -0.144. The third-order valence-electron chi connectivity index (χ3n) is 3.03. The van der Waals surface area contributed by atoms with Gasteiger partial charge in [-0.25, -0.2) is 4.79 Å². The number of hydrogen-bond donors (Lipinski definition) is 3. The lowest BCUT2D eigenvalue weighted by atomic mass is 10.1. The Hall–Kier alpha value is -1.43. The number of rotatable bonds is 12. The maximum atomic E-state index is 11.5. The van der Waals surface area contributed by atoms with E-state index in [9.17, 15) is 14.4 Å². The molecule has 3 N–H and O–H groups in total. The van der Waals surface area contributed by atoms with Gasteiger partial charge in [0, 0.05) is 19.4 Å². The van der Waals surface area contributed by atoms with Crippen LogP contribution in [0, 0.1) is 0 Å². The molecule has 0 radical (unpaired) electrons. The van der Waals surface area contributed by atoms with Crippen molar-refractivity contribution in [2.24, 2.45) is 0 Å². The van der Waals surface area contributed by atoms with Crippen molar-refractivity contribution in [1.29, 1.82) is 0 Å². The van der Waals surface area contributed by atoms with E-state index in [1.54, 1.807) is 0 Å². The fourth-order valence-corrected chi connectivity index (χ4v) is 1.80. The number of aliphatic hydroxyl groups is 1. The molecule has 0 rings (SSSR count). The Bertz CT molecular complexity index is 317. The van der Waals surface area contributed by atoms with E-state index >= 15 is 0 Å². The molecule has 6 nitrogen and oxygen atoms in total. The van der Waals surface area contributed by atoms with Gasteiger partial charge < -0.3 is 15.5 Å². The number of aliphatic carboxylic acids is 1. The first-order valence-corrected chi connectivity index (χ1v) is 7.20. The van der Waals surface area contributed by atoms with Gasteiger partial charge in [-0.05, 0) is 6.42 Å². The molecule has 0 heterocycles. The Morgan fingerprint density at radius 3 is 2.20 bits per heavy atom. The maximum Gasteiger partial charge on any atom is 0.326 e. The minimum atomic E-state index is -1.25. The van der Waals surface area contributed by atoms with Crippen molar-refractivity contribution in [3.8, 4) is 0 Å². The largest absolute Gasteiger partial charge is 0.480 e. The summed E-state index contributed by atoms with van der Waals surface area (Å²) in [5, 5.41) is 19.6. The summed E-state index contributed by atoms with van der Waals surface area (Å²) in [6, 6.07) is -1.21. The third-order valence-corrected chi connectivity index (χ3v) is 3.03. The molecule has 116 valence electrons. The summed E-state index contributed by atoms with van der Waals surface area (Å²) in [4.78, 5) is 33.8. The Balaban J connectivity index is 3.90. The van der Waals surface area contributed by atoms with Gasteiger partial charge >= 0.3 is 5.97 Å². The number of amides is 1. The van der Waals surface area contributed by atoms with E-state index in [1.165, 1.54) is 6.42 Å². The smallest absolute Gasteiger partial charge is 0.326 e. The molecule has 0 aromatic rings. The molecule has 0 saturated carbocycles. The van der Waals surface area contributed by atoms with Crippen molar-refractivity contribution in [3.05, 3.63) is 0 Å². The van der Waals surface area contributed by atoms with Gasteiger partial charge in [0.05, 0.1) is 0 Å². The van der Waals surface area contributed by atoms with Crippen molar-refractivity contribution in [1.82, 2.24) is 5.32 Å². The highest BCUT2D eigenvalue weighted by atomic mass is 16.4. The Morgan fingerprint density at radius 2 is 1.65 bits per heavy atom. The second-order valence-corrected chi connectivity index (χ2v) is 4.82. The van der Waals surface area contributed by atoms with Gasteiger partial charge in [-0.1, -0.05) is 39.0 Å². The summed E-state index contributed by atoms with van der Waals surface area (Å²) >= 11 is 0. The zero-order valence-electron chi connectivity index (χ0n) is 12.1. The van der Waals surface area contributed by atoms with Crippen LogP contribution < -0.4 is 5.32 Å². The van der Waals surface area contributed by atoms with E-state index in [1.807, 2.05) is 0 Å². The van der Waals surface area contributed by atoms with Gasteiger partial charge in [0.15, 0.2) is 0 Å². The summed E-state index contributed by atoms with van der Waals surface area (Å²) in [6.45, 7) is 1.77. The lowest BCUT2D eigenvalue weighted by Gasteiger charge is -2.12. The van der Waals surface area contributed by atoms with Crippen LogP contribution in [-0.4, -0.2) is 40.5 Å². The van der Waals surface area contributed by atoms with Crippen LogP contribution in [0.4, 0.5) is 0 Å². The second kappa shape index (κ2) is 11.4. The van der Waals surface area contributed by atoms with E-state index < -0.39 is 23.7 Å². The third kappa shape index (κ3) is 8.63. The number of carboxylic acids is 1. The predicted octanol–water partition coefficient (Wildman–Crippen LogP) is 1.26. The minimum absolute atomic E-state index is 0.106. The molecule has 0 bridgehead atoms. The van der Waals surface area contributed by atoms with E-state index in [2.05, 4.69) is 12.2 Å². The number of ketones is 1. The first kappa shape index (κ1) is 18.6. The molecule has 0 spiro atoms. The highest BCUT2D eigenvalue weighted by Gasteiger charge is 2.22. The number of carbonyl (C=O) groups excluding carboxylic acids is 2. The number of unbranched alkanes of at least 4 members (excludes halogenated alkanes) is 5. The zero-order valence-corrected chi connectivity index (χ0v) is 12.1. The molecule has 0 aromatic heterocycles. The topological polar surface area (TPSA) is 104 Å². The monoisotopic (exact) mass is 287 g/mol. The Morgan fingerprint density at radius 1 is 1.05 bits per heavy atom. The highest BCUT2D eigenvalue weighted by Crippen LogP contribution is 2.07. The van der Waals surface area contributed by atoms with Crippen LogP contribution in [0.3, 0.4) is 0 Å². The van der Waals surface area contributed by atoms with E-state index in [-0.39, 0.29) is 19.4 Å². The molecule has 1 amide bonds. The van der Waals surface area contributed by atoms with Crippen LogP contribution in [-0.2, 0) is 14.4 Å². The Kier molecular flexibility index (Phi) is 10.6. The van der Waals surface area contributed by atoms with Gasteiger partial charge in [0.1, 0.15) is 6.04 Å². The second-order valence-electron chi connectivity index (χ2n) is 4.82. The molecule has 0 fully saturated rings. The quantitative estimate of drug-likeness (QED) is 0.370. The summed E-state index contributed by atoms with van der Waals surface area (Å²) in [5.41, 5.74) is 0. The molecule has 0 aromatic carbocycles. The fourth-order valence-electron chi connectivity index (χ4n) is 1.80. The van der Waals surface area contributed by atoms with Gasteiger partial charge in [-0.2, -0.15) is 0 Å². The van der Waals surface area contributed by atoms with Crippen LogP contribution in [0.15, 0.2) is 0 Å². The number of carbonyl (C=O) groups is 3. The molecule has 0 aliphatic heterocycles. The molecule has 0 aliphatic rings. The summed E-state index contributed by atoms with van der Waals surface area (Å²) in [5.74, 6) is -2.72. The van der Waals surface area contributed by atoms with Gasteiger partial charge in [-0.15, -0.1) is 0 Å². The molecule has 0 aliphatic carbocycles. The molecule has 6 heteroatoms. The average Bonchev–Trinajstić information content (AvgIpc) is 2.41. The van der Waals surface area contributed by atoms with Crippen LogP contribution in [0.25, 0.3) is 0 Å². The Labute approximate surface area is 119 Å². The number of aliphatic hydroxyl groups excluding tert-OH is 1. The molecular weight excluding hydrogens is 262 g/mol. The summed E-state index contributed by atoms with van der Waals surface area (Å²) < 4.78 is 0. The summed E-state index contributed by atoms with van der Waals surface area (Å²) in [6.07, 6.45) is 6.10. The van der Waals surface area contributed by atoms with Gasteiger partial charge in [0.25, 0.3) is 5.91 Å². The van der Waals surface area contributed by atoms with Gasteiger partial charge in [0.2, 0.25) is 5.78 Å². The van der Waals surface area contributed by atoms with E-state index in [4.69, 9.17) is 10.2 Å². The van der Waals surface area contributed by atoms with E-state index in [0.717, 1.165) is 25.7 Å². The van der Waals surface area contributed by atoms with Crippen molar-refractivity contribution >= 4 is 17.7 Å².